The highest BCUT2D eigenvalue weighted by Crippen LogP contribution is 2.07. The van der Waals surface area contributed by atoms with Gasteiger partial charge in [0.05, 0.1) is 0 Å². The van der Waals surface area contributed by atoms with Crippen molar-refractivity contribution in [1.29, 1.82) is 0 Å². The molecule has 6 heteroatoms. The van der Waals surface area contributed by atoms with E-state index in [-0.39, 0.29) is 12.4 Å². The lowest BCUT2D eigenvalue weighted by Gasteiger charge is -1.96. The molecule has 0 saturated heterocycles. The van der Waals surface area contributed by atoms with E-state index in [4.69, 9.17) is 5.11 Å². The molecule has 0 aromatic rings. The van der Waals surface area contributed by atoms with Gasteiger partial charge in [0.1, 0.15) is 6.61 Å². The van der Waals surface area contributed by atoms with Gasteiger partial charge in [-0.25, -0.2) is 9.59 Å². The van der Waals surface area contributed by atoms with E-state index in [0.29, 0.717) is 0 Å². The monoisotopic (exact) mass is 160 g/mol. The largest absolute Gasteiger partial charge is 0.513 e. The van der Waals surface area contributed by atoms with Crippen LogP contribution in [0.15, 0.2) is 11.8 Å². The Morgan fingerprint density at radius 2 is 2.36 bits per heavy atom. The molecule has 11 heavy (non-hydrogen) atoms. The zero-order chi connectivity index (χ0) is 8.27. The lowest BCUT2D eigenvalue weighted by Crippen LogP contribution is -2.12. The van der Waals surface area contributed by atoms with Gasteiger partial charge in [0.15, 0.2) is 0 Å². The average Bonchev–Trinajstić information content (AvgIpc) is 2.35. The van der Waals surface area contributed by atoms with Crippen molar-refractivity contribution in [2.24, 2.45) is 0 Å². The number of esters is 1. The summed E-state index contributed by atoms with van der Waals surface area (Å²) in [5, 5.41) is 7.98. The van der Waals surface area contributed by atoms with Crippen molar-refractivity contribution in [3.05, 3.63) is 11.8 Å². The fourth-order valence-corrected chi connectivity index (χ4v) is 0.488. The SMILES string of the molecule is O=C(O)OC(=O)C1=CCOO1. The Kier molecular flexibility index (Phi) is 2.07. The topological polar surface area (TPSA) is 82.1 Å². The van der Waals surface area contributed by atoms with Gasteiger partial charge in [-0.1, -0.05) is 0 Å². The zero-order valence-corrected chi connectivity index (χ0v) is 5.27. The van der Waals surface area contributed by atoms with Gasteiger partial charge >= 0.3 is 12.1 Å². The highest BCUT2D eigenvalue weighted by atomic mass is 17.2. The minimum Gasteiger partial charge on any atom is -0.449 e. The molecule has 1 rings (SSSR count). The van der Waals surface area contributed by atoms with Gasteiger partial charge in [0, 0.05) is 0 Å². The number of rotatable bonds is 1. The number of carboxylic acid groups (broad SMARTS) is 1. The maximum atomic E-state index is 10.6. The minimum absolute atomic E-state index is 0.115. The van der Waals surface area contributed by atoms with Crippen LogP contribution in [0.2, 0.25) is 0 Å². The first-order valence-electron chi connectivity index (χ1n) is 2.65. The molecule has 60 valence electrons. The normalized spacial score (nSPS) is 15.1. The van der Waals surface area contributed by atoms with Crippen molar-refractivity contribution >= 4 is 12.1 Å². The van der Waals surface area contributed by atoms with Crippen molar-refractivity contribution in [2.75, 3.05) is 6.61 Å². The van der Waals surface area contributed by atoms with Crippen LogP contribution in [0.5, 0.6) is 0 Å². The van der Waals surface area contributed by atoms with Crippen molar-refractivity contribution < 1.29 is 29.2 Å². The second-order valence-electron chi connectivity index (χ2n) is 1.59. The Labute approximate surface area is 60.9 Å². The third-order valence-corrected chi connectivity index (χ3v) is 0.867. The molecule has 0 aromatic carbocycles. The second kappa shape index (κ2) is 3.02. The van der Waals surface area contributed by atoms with Gasteiger partial charge < -0.3 is 14.7 Å². The van der Waals surface area contributed by atoms with Crippen LogP contribution in [0.25, 0.3) is 0 Å². The Balaban J connectivity index is 2.47. The Hall–Kier alpha value is -1.56. The molecule has 0 atom stereocenters. The van der Waals surface area contributed by atoms with Crippen LogP contribution in [-0.2, 0) is 19.3 Å². The van der Waals surface area contributed by atoms with Crippen molar-refractivity contribution in [3.8, 4) is 0 Å². The molecule has 1 N–H and O–H groups in total. The molecule has 6 nitrogen and oxygen atoms in total. The minimum atomic E-state index is -1.67. The second-order valence-corrected chi connectivity index (χ2v) is 1.59. The fraction of sp³-hybridized carbons (Fsp3) is 0.200. The summed E-state index contributed by atoms with van der Waals surface area (Å²) in [4.78, 5) is 28.9. The summed E-state index contributed by atoms with van der Waals surface area (Å²) in [6.45, 7) is 0.115. The van der Waals surface area contributed by atoms with Gasteiger partial charge in [-0.2, -0.15) is 4.89 Å². The first-order chi connectivity index (χ1) is 5.20. The molecule has 1 aliphatic rings. The molecule has 0 aliphatic carbocycles. The zero-order valence-electron chi connectivity index (χ0n) is 5.27. The van der Waals surface area contributed by atoms with Crippen LogP contribution in [0.3, 0.4) is 0 Å². The van der Waals surface area contributed by atoms with Gasteiger partial charge in [0.2, 0.25) is 5.76 Å². The summed E-state index contributed by atoms with van der Waals surface area (Å²) in [6.07, 6.45) is -0.406. The van der Waals surface area contributed by atoms with Crippen molar-refractivity contribution in [2.45, 2.75) is 0 Å². The van der Waals surface area contributed by atoms with Crippen molar-refractivity contribution in [3.63, 3.8) is 0 Å². The number of carbonyl (C=O) groups excluding carboxylic acids is 1. The standard InChI is InChI=1S/C5H4O6/c6-4(10-5(7)8)3-1-2-9-11-3/h1H,2H2,(H,7,8). The van der Waals surface area contributed by atoms with E-state index >= 15 is 0 Å². The summed E-state index contributed by atoms with van der Waals surface area (Å²) in [7, 11) is 0. The van der Waals surface area contributed by atoms with E-state index in [9.17, 15) is 9.59 Å². The quantitative estimate of drug-likeness (QED) is 0.331. The lowest BCUT2D eigenvalue weighted by molar-refractivity contribution is -0.236. The van der Waals surface area contributed by atoms with Crippen LogP contribution in [-0.4, -0.2) is 23.8 Å². The van der Waals surface area contributed by atoms with Gasteiger partial charge in [0.25, 0.3) is 0 Å². The molecule has 0 radical (unpaired) electrons. The van der Waals surface area contributed by atoms with Crippen LogP contribution in [0.4, 0.5) is 4.79 Å². The third kappa shape index (κ3) is 1.94. The van der Waals surface area contributed by atoms with E-state index in [1.165, 1.54) is 6.08 Å². The van der Waals surface area contributed by atoms with Crippen molar-refractivity contribution in [1.82, 2.24) is 0 Å². The Bertz CT molecular complexity index is 217. The summed E-state index contributed by atoms with van der Waals surface area (Å²) in [5.74, 6) is -1.32. The average molecular weight is 160 g/mol. The molecule has 0 unspecified atom stereocenters. The predicted molar refractivity (Wildman–Crippen MR) is 29.2 cm³/mol. The van der Waals surface area contributed by atoms with Gasteiger partial charge in [-0.05, 0) is 6.08 Å². The maximum absolute atomic E-state index is 10.6. The smallest absolute Gasteiger partial charge is 0.449 e. The maximum Gasteiger partial charge on any atom is 0.513 e. The van der Waals surface area contributed by atoms with Gasteiger partial charge in [-0.15, -0.1) is 0 Å². The van der Waals surface area contributed by atoms with E-state index in [1.54, 1.807) is 0 Å². The number of hydrogen-bond acceptors (Lipinski definition) is 5. The molecule has 0 saturated carbocycles. The summed E-state index contributed by atoms with van der Waals surface area (Å²) >= 11 is 0. The van der Waals surface area contributed by atoms with E-state index in [2.05, 4.69) is 14.5 Å². The van der Waals surface area contributed by atoms with E-state index in [0.717, 1.165) is 0 Å². The van der Waals surface area contributed by atoms with Gasteiger partial charge in [-0.3, -0.25) is 0 Å². The third-order valence-electron chi connectivity index (χ3n) is 0.867. The van der Waals surface area contributed by atoms with E-state index in [1.807, 2.05) is 0 Å². The molecule has 0 amide bonds. The fourth-order valence-electron chi connectivity index (χ4n) is 0.488. The molecule has 0 bridgehead atoms. The molecule has 1 heterocycles. The number of ether oxygens (including phenoxy) is 1. The first-order valence-corrected chi connectivity index (χ1v) is 2.65. The Morgan fingerprint density at radius 3 is 2.82 bits per heavy atom. The highest BCUT2D eigenvalue weighted by Gasteiger charge is 2.20. The lowest BCUT2D eigenvalue weighted by atomic mass is 10.5. The predicted octanol–water partition coefficient (Wildman–Crippen LogP) is 0.0533. The molecular weight excluding hydrogens is 156 g/mol. The van der Waals surface area contributed by atoms with E-state index < -0.39 is 12.1 Å². The molecule has 0 aromatic heterocycles. The Morgan fingerprint density at radius 1 is 1.64 bits per heavy atom. The molecular formula is C5H4O6. The highest BCUT2D eigenvalue weighted by molar-refractivity contribution is 5.92. The van der Waals surface area contributed by atoms with Crippen LogP contribution in [0, 0.1) is 0 Å². The summed E-state index contributed by atoms with van der Waals surface area (Å²) < 4.78 is 3.74. The molecule has 0 spiro atoms. The number of hydrogen-bond donors (Lipinski definition) is 1. The molecule has 1 aliphatic heterocycles. The summed E-state index contributed by atoms with van der Waals surface area (Å²) in [6, 6.07) is 0. The van der Waals surface area contributed by atoms with Crippen LogP contribution < -0.4 is 0 Å². The first kappa shape index (κ1) is 7.55. The van der Waals surface area contributed by atoms with Crippen LogP contribution in [0.1, 0.15) is 0 Å². The van der Waals surface area contributed by atoms with Crippen LogP contribution >= 0.6 is 0 Å². The molecule has 0 fully saturated rings. The number of carbonyl (C=O) groups is 2. The summed E-state index contributed by atoms with van der Waals surface area (Å²) in [5.41, 5.74) is 0.